The number of aromatic nitrogens is 2. The van der Waals surface area contributed by atoms with Gasteiger partial charge in [0.2, 0.25) is 16.9 Å². The summed E-state index contributed by atoms with van der Waals surface area (Å²) in [5.74, 6) is -0.0362. The van der Waals surface area contributed by atoms with Crippen LogP contribution in [-0.4, -0.2) is 27.8 Å². The van der Waals surface area contributed by atoms with Gasteiger partial charge in [0.1, 0.15) is 0 Å². The second kappa shape index (κ2) is 9.48. The second-order valence-electron chi connectivity index (χ2n) is 6.30. The quantitative estimate of drug-likeness (QED) is 0.451. The molecule has 2 amide bonds. The van der Waals surface area contributed by atoms with Crippen LogP contribution in [0.1, 0.15) is 16.7 Å². The van der Waals surface area contributed by atoms with E-state index < -0.39 is 0 Å². The van der Waals surface area contributed by atoms with Crippen LogP contribution >= 0.6 is 23.1 Å². The van der Waals surface area contributed by atoms with E-state index in [0.29, 0.717) is 9.47 Å². The maximum Gasteiger partial charge on any atom is 0.234 e. The SMILES string of the molecule is Cc1cc(C)cc(NC(=O)CSc2nnc(NC(=O)Cc3ccccc3)s2)c1. The standard InChI is InChI=1S/C20H20N4O2S2/c1-13-8-14(2)10-16(9-13)21-18(26)12-27-20-24-23-19(28-20)22-17(25)11-15-6-4-3-5-7-15/h3-10H,11-12H2,1-2H3,(H,21,26)(H,22,23,25). The molecule has 1 aromatic heterocycles. The lowest BCUT2D eigenvalue weighted by molar-refractivity contribution is -0.115. The van der Waals surface area contributed by atoms with Crippen molar-refractivity contribution < 1.29 is 9.59 Å². The Bertz CT molecular complexity index is 953. The van der Waals surface area contributed by atoms with E-state index >= 15 is 0 Å². The summed E-state index contributed by atoms with van der Waals surface area (Å²) in [7, 11) is 0. The number of rotatable bonds is 7. The number of aryl methyl sites for hydroxylation is 2. The van der Waals surface area contributed by atoms with Gasteiger partial charge < -0.3 is 10.6 Å². The fourth-order valence-electron chi connectivity index (χ4n) is 2.63. The third-order valence-electron chi connectivity index (χ3n) is 3.69. The van der Waals surface area contributed by atoms with Crippen LogP contribution in [-0.2, 0) is 16.0 Å². The van der Waals surface area contributed by atoms with E-state index in [0.717, 1.165) is 22.4 Å². The monoisotopic (exact) mass is 412 g/mol. The highest BCUT2D eigenvalue weighted by Crippen LogP contribution is 2.26. The highest BCUT2D eigenvalue weighted by Gasteiger charge is 2.11. The van der Waals surface area contributed by atoms with Gasteiger partial charge in [0.05, 0.1) is 12.2 Å². The number of hydrogen-bond acceptors (Lipinski definition) is 6. The average Bonchev–Trinajstić information content (AvgIpc) is 3.07. The Morgan fingerprint density at radius 3 is 2.39 bits per heavy atom. The summed E-state index contributed by atoms with van der Waals surface area (Å²) < 4.78 is 0.630. The third-order valence-corrected chi connectivity index (χ3v) is 5.66. The Morgan fingerprint density at radius 1 is 0.964 bits per heavy atom. The number of amides is 2. The Balaban J connectivity index is 1.47. The molecule has 0 bridgehead atoms. The van der Waals surface area contributed by atoms with Gasteiger partial charge in [-0.05, 0) is 42.7 Å². The molecular formula is C20H20N4O2S2. The van der Waals surface area contributed by atoms with Gasteiger partial charge >= 0.3 is 0 Å². The molecule has 3 rings (SSSR count). The van der Waals surface area contributed by atoms with Crippen molar-refractivity contribution >= 4 is 45.7 Å². The lowest BCUT2D eigenvalue weighted by Crippen LogP contribution is -2.14. The molecule has 0 aliphatic heterocycles. The Labute approximate surface area is 171 Å². The summed E-state index contributed by atoms with van der Waals surface area (Å²) >= 11 is 2.54. The van der Waals surface area contributed by atoms with Gasteiger partial charge in [-0.3, -0.25) is 9.59 Å². The molecule has 2 N–H and O–H groups in total. The largest absolute Gasteiger partial charge is 0.325 e. The van der Waals surface area contributed by atoms with Crippen molar-refractivity contribution in [1.29, 1.82) is 0 Å². The predicted octanol–water partition coefficient (Wildman–Crippen LogP) is 4.07. The minimum Gasteiger partial charge on any atom is -0.325 e. The van der Waals surface area contributed by atoms with E-state index in [4.69, 9.17) is 0 Å². The van der Waals surface area contributed by atoms with Gasteiger partial charge in [0.25, 0.3) is 0 Å². The lowest BCUT2D eigenvalue weighted by Gasteiger charge is -2.06. The predicted molar refractivity (Wildman–Crippen MR) is 114 cm³/mol. The van der Waals surface area contributed by atoms with E-state index in [2.05, 4.69) is 26.9 Å². The number of thioether (sulfide) groups is 1. The highest BCUT2D eigenvalue weighted by atomic mass is 32.2. The number of anilines is 2. The van der Waals surface area contributed by atoms with E-state index in [9.17, 15) is 9.59 Å². The number of nitrogens with one attached hydrogen (secondary N) is 2. The normalized spacial score (nSPS) is 10.5. The average molecular weight is 413 g/mol. The van der Waals surface area contributed by atoms with E-state index in [-0.39, 0.29) is 24.0 Å². The van der Waals surface area contributed by atoms with Crippen LogP contribution in [0.5, 0.6) is 0 Å². The van der Waals surface area contributed by atoms with Gasteiger partial charge in [-0.25, -0.2) is 0 Å². The van der Waals surface area contributed by atoms with Gasteiger partial charge in [0.15, 0.2) is 4.34 Å². The smallest absolute Gasteiger partial charge is 0.234 e. The Kier molecular flexibility index (Phi) is 6.78. The molecule has 0 atom stereocenters. The zero-order valence-corrected chi connectivity index (χ0v) is 17.2. The van der Waals surface area contributed by atoms with Crippen LogP contribution in [0.3, 0.4) is 0 Å². The number of benzene rings is 2. The molecule has 8 heteroatoms. The van der Waals surface area contributed by atoms with E-state index in [1.807, 2.05) is 56.3 Å². The molecule has 28 heavy (non-hydrogen) atoms. The molecule has 0 spiro atoms. The first-order valence-electron chi connectivity index (χ1n) is 8.66. The van der Waals surface area contributed by atoms with Gasteiger partial charge in [-0.1, -0.05) is 59.5 Å². The first kappa shape index (κ1) is 20.0. The summed E-state index contributed by atoms with van der Waals surface area (Å²) in [6.07, 6.45) is 0.279. The summed E-state index contributed by atoms with van der Waals surface area (Å²) in [5.41, 5.74) is 3.92. The summed E-state index contributed by atoms with van der Waals surface area (Å²) in [4.78, 5) is 24.2. The van der Waals surface area contributed by atoms with Crippen molar-refractivity contribution in [3.8, 4) is 0 Å². The Morgan fingerprint density at radius 2 is 1.68 bits per heavy atom. The van der Waals surface area contributed by atoms with Crippen LogP contribution in [0, 0.1) is 13.8 Å². The molecule has 0 saturated carbocycles. The summed E-state index contributed by atoms with van der Waals surface area (Å²) in [6, 6.07) is 15.4. The first-order chi connectivity index (χ1) is 13.5. The minimum absolute atomic E-state index is 0.111. The van der Waals surface area contributed by atoms with Crippen molar-refractivity contribution in [3.63, 3.8) is 0 Å². The molecule has 0 saturated heterocycles. The number of carbonyl (C=O) groups excluding carboxylic acids is 2. The first-order valence-corrected chi connectivity index (χ1v) is 10.5. The van der Waals surface area contributed by atoms with Crippen LogP contribution < -0.4 is 10.6 Å². The molecule has 0 radical (unpaired) electrons. The molecule has 144 valence electrons. The van der Waals surface area contributed by atoms with Crippen molar-refractivity contribution in [1.82, 2.24) is 10.2 Å². The van der Waals surface area contributed by atoms with Crippen molar-refractivity contribution in [2.24, 2.45) is 0 Å². The zero-order valence-electron chi connectivity index (χ0n) is 15.6. The topological polar surface area (TPSA) is 84.0 Å². The summed E-state index contributed by atoms with van der Waals surface area (Å²) in [5, 5.41) is 14.0. The van der Waals surface area contributed by atoms with Crippen LogP contribution in [0.15, 0.2) is 52.9 Å². The zero-order chi connectivity index (χ0) is 19.9. The number of carbonyl (C=O) groups is 2. The van der Waals surface area contributed by atoms with Crippen molar-refractivity contribution in [2.45, 2.75) is 24.6 Å². The fourth-order valence-corrected chi connectivity index (χ4v) is 4.20. The van der Waals surface area contributed by atoms with E-state index in [1.165, 1.54) is 23.1 Å². The second-order valence-corrected chi connectivity index (χ2v) is 8.50. The molecule has 0 unspecified atom stereocenters. The summed E-state index contributed by atoms with van der Waals surface area (Å²) in [6.45, 7) is 3.98. The molecule has 6 nitrogen and oxygen atoms in total. The molecule has 3 aromatic rings. The molecule has 1 heterocycles. The van der Waals surface area contributed by atoms with E-state index in [1.54, 1.807) is 0 Å². The van der Waals surface area contributed by atoms with Gasteiger partial charge in [-0.15, -0.1) is 10.2 Å². The molecular weight excluding hydrogens is 392 g/mol. The number of hydrogen-bond donors (Lipinski definition) is 2. The maximum atomic E-state index is 12.2. The molecule has 2 aromatic carbocycles. The molecule has 0 fully saturated rings. The van der Waals surface area contributed by atoms with Gasteiger partial charge in [0, 0.05) is 5.69 Å². The lowest BCUT2D eigenvalue weighted by atomic mass is 10.1. The third kappa shape index (κ3) is 6.17. The minimum atomic E-state index is -0.147. The van der Waals surface area contributed by atoms with Crippen molar-refractivity contribution in [2.75, 3.05) is 16.4 Å². The van der Waals surface area contributed by atoms with Crippen LogP contribution in [0.25, 0.3) is 0 Å². The maximum absolute atomic E-state index is 12.2. The van der Waals surface area contributed by atoms with Crippen LogP contribution in [0.4, 0.5) is 10.8 Å². The van der Waals surface area contributed by atoms with Crippen LogP contribution in [0.2, 0.25) is 0 Å². The van der Waals surface area contributed by atoms with Crippen molar-refractivity contribution in [3.05, 3.63) is 65.2 Å². The van der Waals surface area contributed by atoms with Gasteiger partial charge in [-0.2, -0.15) is 0 Å². The fraction of sp³-hybridized carbons (Fsp3) is 0.200. The highest BCUT2D eigenvalue weighted by molar-refractivity contribution is 8.01. The molecule has 0 aliphatic carbocycles. The number of nitrogens with zero attached hydrogens (tertiary/aromatic N) is 2. The Hall–Kier alpha value is -2.71. The molecule has 0 aliphatic rings.